The van der Waals surface area contributed by atoms with Gasteiger partial charge in [-0.15, -0.1) is 0 Å². The van der Waals surface area contributed by atoms with Gasteiger partial charge in [0.2, 0.25) is 11.8 Å². The molecule has 1 aliphatic rings. The number of nitrogens with one attached hydrogen (secondary N) is 1. The molecular formula is C16H22N2O4S. The molecule has 1 unspecified atom stereocenters. The predicted molar refractivity (Wildman–Crippen MR) is 89.0 cm³/mol. The average molecular weight is 338 g/mol. The van der Waals surface area contributed by atoms with E-state index in [1.807, 2.05) is 31.2 Å². The quantitative estimate of drug-likeness (QED) is 0.869. The van der Waals surface area contributed by atoms with Crippen molar-refractivity contribution < 1.29 is 18.0 Å². The van der Waals surface area contributed by atoms with E-state index in [4.69, 9.17) is 0 Å². The van der Waals surface area contributed by atoms with E-state index >= 15 is 0 Å². The molecule has 0 aliphatic carbocycles. The molecule has 1 aromatic rings. The highest BCUT2D eigenvalue weighted by Crippen LogP contribution is 2.20. The second-order valence-electron chi connectivity index (χ2n) is 5.87. The van der Waals surface area contributed by atoms with E-state index in [0.29, 0.717) is 6.42 Å². The van der Waals surface area contributed by atoms with Crippen molar-refractivity contribution in [3.05, 3.63) is 29.8 Å². The number of hydrogen-bond acceptors (Lipinski definition) is 4. The van der Waals surface area contributed by atoms with Gasteiger partial charge in [0.05, 0.1) is 11.5 Å². The number of nitrogens with zero attached hydrogens (tertiary/aromatic N) is 1. The maximum Gasteiger partial charge on any atom is 0.223 e. The number of para-hydroxylation sites is 1. The van der Waals surface area contributed by atoms with Crippen molar-refractivity contribution in [2.24, 2.45) is 0 Å². The second kappa shape index (κ2) is 7.12. The summed E-state index contributed by atoms with van der Waals surface area (Å²) in [5.41, 5.74) is 1.75. The minimum atomic E-state index is -3.01. The van der Waals surface area contributed by atoms with Gasteiger partial charge in [-0.2, -0.15) is 0 Å². The number of carbonyl (C=O) groups excluding carboxylic acids is 2. The van der Waals surface area contributed by atoms with Crippen LogP contribution in [0.2, 0.25) is 0 Å². The Morgan fingerprint density at radius 1 is 1.30 bits per heavy atom. The molecule has 0 aromatic heterocycles. The smallest absolute Gasteiger partial charge is 0.223 e. The van der Waals surface area contributed by atoms with E-state index < -0.39 is 9.84 Å². The third-order valence-corrected chi connectivity index (χ3v) is 5.71. The Morgan fingerprint density at radius 2 is 2.00 bits per heavy atom. The van der Waals surface area contributed by atoms with Crippen molar-refractivity contribution in [3.8, 4) is 0 Å². The zero-order chi connectivity index (χ0) is 17.0. The van der Waals surface area contributed by atoms with Crippen LogP contribution >= 0.6 is 0 Å². The van der Waals surface area contributed by atoms with Crippen LogP contribution in [0.3, 0.4) is 0 Å². The minimum absolute atomic E-state index is 0.00690. The SMILES string of the molecule is CC(=O)N(CCC(=O)NC1CCS(=O)(=O)C1)c1ccccc1C. The molecule has 0 spiro atoms. The van der Waals surface area contributed by atoms with Crippen molar-refractivity contribution in [3.63, 3.8) is 0 Å². The molecular weight excluding hydrogens is 316 g/mol. The lowest BCUT2D eigenvalue weighted by Crippen LogP contribution is -2.39. The second-order valence-corrected chi connectivity index (χ2v) is 8.10. The number of benzene rings is 1. The van der Waals surface area contributed by atoms with Gasteiger partial charge in [0.15, 0.2) is 9.84 Å². The summed E-state index contributed by atoms with van der Waals surface area (Å²) in [6.45, 7) is 3.65. The van der Waals surface area contributed by atoms with E-state index in [1.165, 1.54) is 6.92 Å². The predicted octanol–water partition coefficient (Wildman–Crippen LogP) is 1.04. The number of rotatable bonds is 5. The van der Waals surface area contributed by atoms with Crippen LogP contribution in [0.1, 0.15) is 25.3 Å². The topological polar surface area (TPSA) is 83.6 Å². The van der Waals surface area contributed by atoms with Crippen LogP contribution in [0.25, 0.3) is 0 Å². The first-order valence-corrected chi connectivity index (χ1v) is 9.44. The third kappa shape index (κ3) is 4.79. The molecule has 7 heteroatoms. The molecule has 2 amide bonds. The third-order valence-electron chi connectivity index (χ3n) is 3.95. The Morgan fingerprint density at radius 3 is 2.57 bits per heavy atom. The van der Waals surface area contributed by atoms with E-state index in [9.17, 15) is 18.0 Å². The number of sulfone groups is 1. The molecule has 1 N–H and O–H groups in total. The standard InChI is InChI=1S/C16H22N2O4S/c1-12-5-3-4-6-15(12)18(13(2)19)9-7-16(20)17-14-8-10-23(21,22)11-14/h3-6,14H,7-11H2,1-2H3,(H,17,20). The molecule has 1 heterocycles. The first kappa shape index (κ1) is 17.5. The fourth-order valence-corrected chi connectivity index (χ4v) is 4.41. The summed E-state index contributed by atoms with van der Waals surface area (Å²) in [4.78, 5) is 25.4. The molecule has 0 saturated carbocycles. The lowest BCUT2D eigenvalue weighted by atomic mass is 10.1. The first-order chi connectivity index (χ1) is 10.8. The summed E-state index contributed by atoms with van der Waals surface area (Å²) in [5, 5.41) is 2.74. The largest absolute Gasteiger partial charge is 0.352 e. The van der Waals surface area contributed by atoms with Crippen LogP contribution in [0.15, 0.2) is 24.3 Å². The maximum absolute atomic E-state index is 12.0. The molecule has 1 saturated heterocycles. The van der Waals surface area contributed by atoms with E-state index in [1.54, 1.807) is 4.90 Å². The summed E-state index contributed by atoms with van der Waals surface area (Å²) in [7, 11) is -3.01. The Balaban J connectivity index is 1.93. The fraction of sp³-hybridized carbons (Fsp3) is 0.500. The zero-order valence-corrected chi connectivity index (χ0v) is 14.2. The molecule has 126 valence electrons. The van der Waals surface area contributed by atoms with Crippen LogP contribution in [-0.2, 0) is 19.4 Å². The lowest BCUT2D eigenvalue weighted by molar-refractivity contribution is -0.121. The zero-order valence-electron chi connectivity index (χ0n) is 13.4. The molecule has 2 rings (SSSR count). The molecule has 1 atom stereocenters. The maximum atomic E-state index is 12.0. The molecule has 6 nitrogen and oxygen atoms in total. The number of carbonyl (C=O) groups is 2. The van der Waals surface area contributed by atoms with Crippen molar-refractivity contribution in [1.82, 2.24) is 5.32 Å². The van der Waals surface area contributed by atoms with Gasteiger partial charge >= 0.3 is 0 Å². The average Bonchev–Trinajstić information content (AvgIpc) is 2.79. The van der Waals surface area contributed by atoms with Crippen LogP contribution in [-0.4, -0.2) is 44.3 Å². The summed E-state index contributed by atoms with van der Waals surface area (Å²) in [6, 6.07) is 7.19. The first-order valence-electron chi connectivity index (χ1n) is 7.62. The minimum Gasteiger partial charge on any atom is -0.352 e. The van der Waals surface area contributed by atoms with Gasteiger partial charge in [0.1, 0.15) is 0 Å². The van der Waals surface area contributed by atoms with Crippen LogP contribution in [0.5, 0.6) is 0 Å². The van der Waals surface area contributed by atoms with Gasteiger partial charge in [-0.3, -0.25) is 9.59 Å². The Hall–Kier alpha value is -1.89. The van der Waals surface area contributed by atoms with Gasteiger partial charge in [-0.1, -0.05) is 18.2 Å². The highest BCUT2D eigenvalue weighted by molar-refractivity contribution is 7.91. The number of aryl methyl sites for hydroxylation is 1. The van der Waals surface area contributed by atoms with E-state index in [-0.39, 0.29) is 42.3 Å². The van der Waals surface area contributed by atoms with E-state index in [2.05, 4.69) is 5.32 Å². The summed E-state index contributed by atoms with van der Waals surface area (Å²) in [6.07, 6.45) is 0.604. The Labute approximate surface area is 136 Å². The molecule has 1 aliphatic heterocycles. The van der Waals surface area contributed by atoms with Gasteiger partial charge in [-0.25, -0.2) is 8.42 Å². The van der Waals surface area contributed by atoms with E-state index in [0.717, 1.165) is 11.3 Å². The summed E-state index contributed by atoms with van der Waals surface area (Å²) in [5.74, 6) is -0.226. The lowest BCUT2D eigenvalue weighted by Gasteiger charge is -2.23. The number of anilines is 1. The molecule has 0 bridgehead atoms. The van der Waals surface area contributed by atoms with Crippen LogP contribution in [0.4, 0.5) is 5.69 Å². The molecule has 1 aromatic carbocycles. The number of amides is 2. The van der Waals surface area contributed by atoms with Crippen molar-refractivity contribution in [2.75, 3.05) is 23.0 Å². The van der Waals surface area contributed by atoms with Crippen LogP contribution < -0.4 is 10.2 Å². The van der Waals surface area contributed by atoms with Crippen molar-refractivity contribution in [1.29, 1.82) is 0 Å². The van der Waals surface area contributed by atoms with Gasteiger partial charge in [-0.05, 0) is 25.0 Å². The van der Waals surface area contributed by atoms with Crippen LogP contribution in [0, 0.1) is 6.92 Å². The van der Waals surface area contributed by atoms with Crippen molar-refractivity contribution >= 4 is 27.3 Å². The van der Waals surface area contributed by atoms with Gasteiger partial charge in [0, 0.05) is 31.6 Å². The molecule has 0 radical (unpaired) electrons. The van der Waals surface area contributed by atoms with Gasteiger partial charge in [0.25, 0.3) is 0 Å². The Bertz CT molecular complexity index is 700. The highest BCUT2D eigenvalue weighted by atomic mass is 32.2. The highest BCUT2D eigenvalue weighted by Gasteiger charge is 2.29. The molecule has 1 fully saturated rings. The number of hydrogen-bond donors (Lipinski definition) is 1. The summed E-state index contributed by atoms with van der Waals surface area (Å²) >= 11 is 0. The van der Waals surface area contributed by atoms with Crippen molar-refractivity contribution in [2.45, 2.75) is 32.7 Å². The molecule has 23 heavy (non-hydrogen) atoms. The monoisotopic (exact) mass is 338 g/mol. The Kier molecular flexibility index (Phi) is 5.41. The summed E-state index contributed by atoms with van der Waals surface area (Å²) < 4.78 is 22.8. The van der Waals surface area contributed by atoms with Gasteiger partial charge < -0.3 is 10.2 Å². The normalized spacial score (nSPS) is 19.3. The fourth-order valence-electron chi connectivity index (χ4n) is 2.74.